The molecule has 0 radical (unpaired) electrons. The molecule has 13 nitrogen and oxygen atoms in total. The van der Waals surface area contributed by atoms with Crippen LogP contribution in [0.4, 0.5) is 11.4 Å². The van der Waals surface area contributed by atoms with Crippen molar-refractivity contribution in [3.8, 4) is 11.1 Å². The zero-order valence-corrected chi connectivity index (χ0v) is 18.1. The lowest BCUT2D eigenvalue weighted by Crippen LogP contribution is -2.35. The van der Waals surface area contributed by atoms with E-state index in [0.29, 0.717) is 24.1 Å². The molecule has 2 aromatic rings. The molecule has 176 valence electrons. The number of nitrogens with two attached hydrogens (primary N) is 4. The smallest absolute Gasteiger partial charge is 0.242 e. The minimum absolute atomic E-state index is 0.0235. The molecule has 14 heteroatoms. The van der Waals surface area contributed by atoms with Crippen molar-refractivity contribution in [3.63, 3.8) is 0 Å². The predicted molar refractivity (Wildman–Crippen MR) is 123 cm³/mol. The lowest BCUT2D eigenvalue weighted by atomic mass is 9.97. The van der Waals surface area contributed by atoms with E-state index in [0.717, 1.165) is 5.69 Å². The second kappa shape index (κ2) is 11.6. The van der Waals surface area contributed by atoms with Crippen molar-refractivity contribution in [2.24, 2.45) is 28.3 Å². The number of rotatable bonds is 12. The van der Waals surface area contributed by atoms with E-state index in [2.05, 4.69) is 20.7 Å². The Bertz CT molecular complexity index is 1040. The van der Waals surface area contributed by atoms with Crippen LogP contribution in [-0.2, 0) is 10.0 Å². The molecule has 0 amide bonds. The molecule has 0 heterocycles. The first-order chi connectivity index (χ1) is 15.3. The van der Waals surface area contributed by atoms with Gasteiger partial charge in [0.2, 0.25) is 10.0 Å². The number of aliphatic hydroxyl groups is 1. The summed E-state index contributed by atoms with van der Waals surface area (Å²) in [6.45, 7) is 0.651. The minimum atomic E-state index is -4.10. The van der Waals surface area contributed by atoms with Gasteiger partial charge in [0.05, 0.1) is 5.56 Å². The number of amidine groups is 1. The molecule has 0 saturated heterocycles. The summed E-state index contributed by atoms with van der Waals surface area (Å²) in [5, 5.41) is 26.2. The molecule has 2 aromatic carbocycles. The number of hydrazone groups is 1. The first kappa shape index (κ1) is 25.3. The van der Waals surface area contributed by atoms with Gasteiger partial charge in [-0.25, -0.2) is 30.4 Å². The van der Waals surface area contributed by atoms with Gasteiger partial charge in [0.15, 0.2) is 5.84 Å². The molecule has 0 unspecified atom stereocenters. The fourth-order valence-electron chi connectivity index (χ4n) is 3.02. The largest absolute Gasteiger partial charge is 0.396 e. The number of hydrogen-bond acceptors (Lipinski definition) is 11. The normalized spacial score (nSPS) is 12.0. The molecular formula is C18H29N9O4S. The molecule has 0 fully saturated rings. The van der Waals surface area contributed by atoms with Crippen molar-refractivity contribution < 1.29 is 18.7 Å². The Kier molecular flexibility index (Phi) is 9.15. The fraction of sp³-hybridized carbons (Fsp3) is 0.278. The van der Waals surface area contributed by atoms with Crippen molar-refractivity contribution in [2.45, 2.75) is 11.3 Å². The van der Waals surface area contributed by atoms with E-state index < -0.39 is 10.0 Å². The van der Waals surface area contributed by atoms with Crippen LogP contribution in [0.25, 0.3) is 11.1 Å². The quantitative estimate of drug-likeness (QED) is 0.0575. The molecule has 0 spiro atoms. The SMILES string of the molecule is NCCNS(=O)(=O)c1ccc(-c2cccc(NCCCO)c2)c(/C(N)=N/NN)c1N(N)O. The van der Waals surface area contributed by atoms with Gasteiger partial charge in [0.25, 0.3) is 0 Å². The molecule has 32 heavy (non-hydrogen) atoms. The Labute approximate surface area is 186 Å². The molecule has 2 rings (SSSR count). The summed E-state index contributed by atoms with van der Waals surface area (Å²) in [5.74, 6) is 10.7. The molecule has 0 saturated carbocycles. The van der Waals surface area contributed by atoms with E-state index >= 15 is 0 Å². The van der Waals surface area contributed by atoms with Crippen molar-refractivity contribution in [1.29, 1.82) is 0 Å². The molecule has 0 aliphatic rings. The van der Waals surface area contributed by atoms with Gasteiger partial charge < -0.3 is 21.9 Å². The number of sulfonamides is 1. The molecule has 0 aliphatic heterocycles. The van der Waals surface area contributed by atoms with E-state index in [1.807, 2.05) is 6.07 Å². The minimum Gasteiger partial charge on any atom is -0.396 e. The number of hydrazine groups is 2. The zero-order valence-electron chi connectivity index (χ0n) is 17.3. The third-order valence-electron chi connectivity index (χ3n) is 4.37. The molecular weight excluding hydrogens is 438 g/mol. The van der Waals surface area contributed by atoms with E-state index in [1.165, 1.54) is 12.1 Å². The van der Waals surface area contributed by atoms with Crippen molar-refractivity contribution in [1.82, 2.24) is 10.3 Å². The Morgan fingerprint density at radius 1 is 1.19 bits per heavy atom. The van der Waals surface area contributed by atoms with Crippen LogP contribution in [0.1, 0.15) is 12.0 Å². The van der Waals surface area contributed by atoms with E-state index in [1.54, 1.807) is 18.2 Å². The molecule has 0 aliphatic carbocycles. The lowest BCUT2D eigenvalue weighted by Gasteiger charge is -2.22. The monoisotopic (exact) mass is 467 g/mol. The van der Waals surface area contributed by atoms with Crippen LogP contribution < -0.4 is 43.9 Å². The Balaban J connectivity index is 2.73. The molecule has 0 atom stereocenters. The van der Waals surface area contributed by atoms with E-state index in [4.69, 9.17) is 28.3 Å². The highest BCUT2D eigenvalue weighted by Gasteiger charge is 2.27. The maximum Gasteiger partial charge on any atom is 0.242 e. The van der Waals surface area contributed by atoms with Gasteiger partial charge in [-0.05, 0) is 35.7 Å². The van der Waals surface area contributed by atoms with Crippen LogP contribution in [0.3, 0.4) is 0 Å². The second-order valence-corrected chi connectivity index (χ2v) is 8.31. The Morgan fingerprint density at radius 2 is 1.94 bits per heavy atom. The Morgan fingerprint density at radius 3 is 2.56 bits per heavy atom. The van der Waals surface area contributed by atoms with Crippen LogP contribution in [0, 0.1) is 0 Å². The first-order valence-corrected chi connectivity index (χ1v) is 11.1. The van der Waals surface area contributed by atoms with Gasteiger partial charge >= 0.3 is 0 Å². The summed E-state index contributed by atoms with van der Waals surface area (Å²) in [5.41, 5.74) is 15.1. The number of anilines is 2. The second-order valence-electron chi connectivity index (χ2n) is 6.58. The van der Waals surface area contributed by atoms with Crippen molar-refractivity contribution in [3.05, 3.63) is 42.0 Å². The zero-order chi connectivity index (χ0) is 23.7. The van der Waals surface area contributed by atoms with Crippen LogP contribution in [0.5, 0.6) is 0 Å². The number of nitrogens with zero attached hydrogens (tertiary/aromatic N) is 2. The molecule has 0 bridgehead atoms. The van der Waals surface area contributed by atoms with Gasteiger partial charge in [-0.2, -0.15) is 5.17 Å². The highest BCUT2D eigenvalue weighted by atomic mass is 32.2. The van der Waals surface area contributed by atoms with Gasteiger partial charge in [-0.15, -0.1) is 5.10 Å². The average Bonchev–Trinajstić information content (AvgIpc) is 2.77. The van der Waals surface area contributed by atoms with E-state index in [-0.39, 0.29) is 46.9 Å². The van der Waals surface area contributed by atoms with Gasteiger partial charge in [-0.3, -0.25) is 5.21 Å². The Hall–Kier alpha value is -2.98. The average molecular weight is 468 g/mol. The van der Waals surface area contributed by atoms with Crippen molar-refractivity contribution >= 4 is 27.2 Å². The maximum absolute atomic E-state index is 12.8. The topological polar surface area (TPSA) is 230 Å². The third-order valence-corrected chi connectivity index (χ3v) is 5.87. The summed E-state index contributed by atoms with van der Waals surface area (Å²) in [4.78, 5) is -0.331. The highest BCUT2D eigenvalue weighted by molar-refractivity contribution is 7.89. The summed E-state index contributed by atoms with van der Waals surface area (Å²) in [6, 6.07) is 9.98. The maximum atomic E-state index is 12.8. The predicted octanol–water partition coefficient (Wildman–Crippen LogP) is -1.46. The first-order valence-electron chi connectivity index (χ1n) is 9.61. The highest BCUT2D eigenvalue weighted by Crippen LogP contribution is 2.36. The van der Waals surface area contributed by atoms with Crippen LogP contribution >= 0.6 is 0 Å². The number of aliphatic hydroxyl groups excluding tert-OH is 1. The van der Waals surface area contributed by atoms with Gasteiger partial charge in [-0.1, -0.05) is 18.2 Å². The number of hydrogen-bond donors (Lipinski definition) is 9. The fourth-order valence-corrected chi connectivity index (χ4v) is 4.26. The summed E-state index contributed by atoms with van der Waals surface area (Å²) in [6.07, 6.45) is 0.566. The van der Waals surface area contributed by atoms with Gasteiger partial charge in [0, 0.05) is 31.9 Å². The number of benzene rings is 2. The van der Waals surface area contributed by atoms with Crippen LogP contribution in [-0.4, -0.2) is 50.8 Å². The van der Waals surface area contributed by atoms with Crippen molar-refractivity contribution in [2.75, 3.05) is 36.7 Å². The molecule has 13 N–H and O–H groups in total. The number of nitrogens with one attached hydrogen (secondary N) is 3. The lowest BCUT2D eigenvalue weighted by molar-refractivity contribution is 0.255. The summed E-state index contributed by atoms with van der Waals surface area (Å²) >= 11 is 0. The van der Waals surface area contributed by atoms with Crippen LogP contribution in [0.2, 0.25) is 0 Å². The molecule has 0 aromatic heterocycles. The van der Waals surface area contributed by atoms with Crippen LogP contribution in [0.15, 0.2) is 46.4 Å². The summed E-state index contributed by atoms with van der Waals surface area (Å²) in [7, 11) is -4.10. The van der Waals surface area contributed by atoms with E-state index in [9.17, 15) is 13.6 Å². The standard InChI is InChI=1S/C18H29N9O4S/c19-7-9-24-32(30,31)15-6-5-14(16(17(15)27(22)29)18(20)25-26-21)12-3-1-4-13(11-12)23-8-2-10-28/h1,3-6,11,23-24,26,28-29H,2,7-10,19,21-22H2,(H2,20,25). The third kappa shape index (κ3) is 6.04. The summed E-state index contributed by atoms with van der Waals surface area (Å²) < 4.78 is 27.9. The van der Waals surface area contributed by atoms with Gasteiger partial charge in [0.1, 0.15) is 10.6 Å².